The Balaban J connectivity index is 1.70. The Hall–Kier alpha value is -3.63. The van der Waals surface area contributed by atoms with Crippen LogP contribution in [0.2, 0.25) is 0 Å². The molecule has 0 bridgehead atoms. The highest BCUT2D eigenvalue weighted by Crippen LogP contribution is 2.44. The van der Waals surface area contributed by atoms with E-state index in [1.54, 1.807) is 52.1 Å². The van der Waals surface area contributed by atoms with Crippen LogP contribution in [-0.4, -0.2) is 60.4 Å². The van der Waals surface area contributed by atoms with Crippen LogP contribution in [0, 0.1) is 0 Å². The van der Waals surface area contributed by atoms with E-state index in [4.69, 9.17) is 29.0 Å². The van der Waals surface area contributed by atoms with Crippen LogP contribution >= 0.6 is 0 Å². The number of aliphatic hydroxyl groups is 1. The summed E-state index contributed by atoms with van der Waals surface area (Å²) in [5, 5.41) is 9.00. The van der Waals surface area contributed by atoms with Gasteiger partial charge in [-0.25, -0.2) is 10.4 Å². The second-order valence-electron chi connectivity index (χ2n) is 11.0. The molecule has 3 N–H and O–H groups in total. The van der Waals surface area contributed by atoms with Gasteiger partial charge in [-0.2, -0.15) is 0 Å². The third-order valence-electron chi connectivity index (χ3n) is 6.52. The van der Waals surface area contributed by atoms with Crippen LogP contribution < -0.4 is 20.3 Å². The highest BCUT2D eigenvalue weighted by molar-refractivity contribution is 6.01. The number of hydrogen-bond acceptors (Lipinski definition) is 9. The number of rotatable bonds is 13. The van der Waals surface area contributed by atoms with Gasteiger partial charge < -0.3 is 24.1 Å². The van der Waals surface area contributed by atoms with Crippen molar-refractivity contribution in [2.24, 2.45) is 4.99 Å². The zero-order chi connectivity index (χ0) is 28.8. The standard InChI is InChI=1S/C30H39N3O7/c1-29(2,3)40-25(35)15-16-30(28(36)33-32-22-11-12-22)26(21-7-5-8-24(19-21)37-4)39-27(31-30)20-9-13-23(14-10-20)38-18-6-17-34/h5,7-10,13-14,19,22,26,32,34H,6,11-12,15-18H2,1-4H3,(H,33,36)/t26-,30-/m0/s1. The predicted octanol–water partition coefficient (Wildman–Crippen LogP) is 3.62. The Morgan fingerprint density at radius 1 is 1.12 bits per heavy atom. The van der Waals surface area contributed by atoms with E-state index in [0.29, 0.717) is 35.7 Å². The van der Waals surface area contributed by atoms with Gasteiger partial charge in [-0.05, 0) is 82.0 Å². The summed E-state index contributed by atoms with van der Waals surface area (Å²) in [5.41, 5.74) is 5.13. The summed E-state index contributed by atoms with van der Waals surface area (Å²) in [5.74, 6) is 0.710. The van der Waals surface area contributed by atoms with E-state index in [9.17, 15) is 9.59 Å². The number of ether oxygens (including phenoxy) is 4. The van der Waals surface area contributed by atoms with Crippen molar-refractivity contribution in [2.75, 3.05) is 20.3 Å². The topological polar surface area (TPSA) is 128 Å². The third kappa shape index (κ3) is 7.51. The Morgan fingerprint density at radius 2 is 1.88 bits per heavy atom. The molecule has 0 spiro atoms. The summed E-state index contributed by atoms with van der Waals surface area (Å²) >= 11 is 0. The summed E-state index contributed by atoms with van der Waals surface area (Å²) in [4.78, 5) is 31.6. The molecule has 2 atom stereocenters. The van der Waals surface area contributed by atoms with Gasteiger partial charge in [-0.1, -0.05) is 12.1 Å². The van der Waals surface area contributed by atoms with Crippen LogP contribution in [0.1, 0.15) is 70.1 Å². The molecule has 0 aromatic heterocycles. The molecule has 1 fully saturated rings. The molecule has 40 heavy (non-hydrogen) atoms. The molecule has 2 aromatic carbocycles. The van der Waals surface area contributed by atoms with Gasteiger partial charge in [-0.15, -0.1) is 0 Å². The third-order valence-corrected chi connectivity index (χ3v) is 6.52. The largest absolute Gasteiger partial charge is 0.497 e. The zero-order valence-electron chi connectivity index (χ0n) is 23.6. The van der Waals surface area contributed by atoms with Crippen LogP contribution in [-0.2, 0) is 19.1 Å². The number of nitrogens with zero attached hydrogens (tertiary/aromatic N) is 1. The number of nitrogens with one attached hydrogen (secondary N) is 2. The first-order valence-electron chi connectivity index (χ1n) is 13.7. The van der Waals surface area contributed by atoms with Gasteiger partial charge in [0.2, 0.25) is 5.90 Å². The van der Waals surface area contributed by atoms with Gasteiger partial charge in [0.05, 0.1) is 13.7 Å². The fourth-order valence-electron chi connectivity index (χ4n) is 4.36. The molecule has 1 heterocycles. The molecule has 0 radical (unpaired) electrons. The number of hydrazine groups is 1. The lowest BCUT2D eigenvalue weighted by molar-refractivity contribution is -0.155. The number of methoxy groups -OCH3 is 1. The molecule has 2 aliphatic rings. The molecule has 10 heteroatoms. The highest BCUT2D eigenvalue weighted by atomic mass is 16.6. The summed E-state index contributed by atoms with van der Waals surface area (Å²) in [6, 6.07) is 14.7. The van der Waals surface area contributed by atoms with Crippen molar-refractivity contribution in [3.8, 4) is 11.5 Å². The first-order chi connectivity index (χ1) is 19.1. The average molecular weight is 554 g/mol. The number of esters is 1. The van der Waals surface area contributed by atoms with Crippen LogP contribution in [0.4, 0.5) is 0 Å². The fourth-order valence-corrected chi connectivity index (χ4v) is 4.36. The van der Waals surface area contributed by atoms with E-state index in [1.807, 2.05) is 24.3 Å². The van der Waals surface area contributed by atoms with Gasteiger partial charge in [0.1, 0.15) is 17.1 Å². The second-order valence-corrected chi connectivity index (χ2v) is 11.0. The minimum absolute atomic E-state index is 0.0354. The molecule has 4 rings (SSSR count). The Morgan fingerprint density at radius 3 is 2.52 bits per heavy atom. The van der Waals surface area contributed by atoms with Gasteiger partial charge in [-0.3, -0.25) is 15.0 Å². The van der Waals surface area contributed by atoms with Crippen LogP contribution in [0.5, 0.6) is 11.5 Å². The van der Waals surface area contributed by atoms with Gasteiger partial charge >= 0.3 is 5.97 Å². The molecule has 2 aromatic rings. The predicted molar refractivity (Wildman–Crippen MR) is 149 cm³/mol. The number of hydrogen-bond donors (Lipinski definition) is 3. The molecule has 1 aliphatic carbocycles. The van der Waals surface area contributed by atoms with Crippen molar-refractivity contribution in [3.63, 3.8) is 0 Å². The molecule has 216 valence electrons. The van der Waals surface area contributed by atoms with Gasteiger partial charge in [0.15, 0.2) is 11.6 Å². The molecular weight excluding hydrogens is 514 g/mol. The lowest BCUT2D eigenvalue weighted by Crippen LogP contribution is -2.53. The fraction of sp³-hybridized carbons (Fsp3) is 0.500. The molecule has 0 unspecified atom stereocenters. The van der Waals surface area contributed by atoms with Crippen molar-refractivity contribution >= 4 is 17.8 Å². The number of aliphatic imine (C=N–C) groups is 1. The van der Waals surface area contributed by atoms with Crippen molar-refractivity contribution in [2.45, 2.75) is 76.2 Å². The Kier molecular flexibility index (Phi) is 9.32. The summed E-state index contributed by atoms with van der Waals surface area (Å²) in [6.07, 6.45) is 1.68. The Bertz CT molecular complexity index is 1200. The summed E-state index contributed by atoms with van der Waals surface area (Å²) < 4.78 is 23.1. The van der Waals surface area contributed by atoms with E-state index >= 15 is 0 Å². The molecule has 10 nitrogen and oxygen atoms in total. The maximum Gasteiger partial charge on any atom is 0.306 e. The number of carbonyl (C=O) groups excluding carboxylic acids is 2. The zero-order valence-corrected chi connectivity index (χ0v) is 23.6. The minimum Gasteiger partial charge on any atom is -0.497 e. The maximum atomic E-state index is 13.9. The molecule has 1 aliphatic heterocycles. The molecular formula is C30H39N3O7. The second kappa shape index (κ2) is 12.7. The van der Waals surface area contributed by atoms with Gasteiger partial charge in [0.25, 0.3) is 5.91 Å². The monoisotopic (exact) mass is 553 g/mol. The molecule has 1 saturated carbocycles. The number of carbonyl (C=O) groups is 2. The first kappa shape index (κ1) is 29.4. The first-order valence-corrected chi connectivity index (χ1v) is 13.7. The molecule has 1 amide bonds. The average Bonchev–Trinajstić information content (AvgIpc) is 3.68. The van der Waals surface area contributed by atoms with E-state index in [-0.39, 0.29) is 31.4 Å². The summed E-state index contributed by atoms with van der Waals surface area (Å²) in [6.45, 7) is 5.86. The lowest BCUT2D eigenvalue weighted by Gasteiger charge is -2.31. The lowest BCUT2D eigenvalue weighted by atomic mass is 9.83. The van der Waals surface area contributed by atoms with E-state index in [0.717, 1.165) is 12.8 Å². The van der Waals surface area contributed by atoms with Crippen molar-refractivity contribution in [1.82, 2.24) is 10.9 Å². The quantitative estimate of drug-likeness (QED) is 0.195. The minimum atomic E-state index is -1.46. The normalized spacial score (nSPS) is 20.3. The number of amides is 1. The van der Waals surface area contributed by atoms with Crippen LogP contribution in [0.3, 0.4) is 0 Å². The Labute approximate surface area is 235 Å². The van der Waals surface area contributed by atoms with E-state index < -0.39 is 29.1 Å². The smallest absolute Gasteiger partial charge is 0.306 e. The molecule has 0 saturated heterocycles. The number of benzene rings is 2. The highest BCUT2D eigenvalue weighted by Gasteiger charge is 2.53. The van der Waals surface area contributed by atoms with E-state index in [2.05, 4.69) is 10.9 Å². The van der Waals surface area contributed by atoms with Crippen molar-refractivity contribution < 1.29 is 33.6 Å². The summed E-state index contributed by atoms with van der Waals surface area (Å²) in [7, 11) is 1.57. The van der Waals surface area contributed by atoms with E-state index in [1.165, 1.54) is 0 Å². The van der Waals surface area contributed by atoms with Crippen LogP contribution in [0.25, 0.3) is 0 Å². The van der Waals surface area contributed by atoms with Gasteiger partial charge in [0, 0.05) is 31.1 Å². The maximum absolute atomic E-state index is 13.9. The van der Waals surface area contributed by atoms with Crippen LogP contribution in [0.15, 0.2) is 53.5 Å². The van der Waals surface area contributed by atoms with Crippen molar-refractivity contribution in [3.05, 3.63) is 59.7 Å². The SMILES string of the molecule is COc1cccc([C@@H]2OC(c3ccc(OCCCO)cc3)=N[C@]2(CCC(=O)OC(C)(C)C)C(=O)NNC2CC2)c1. The van der Waals surface area contributed by atoms with Crippen molar-refractivity contribution in [1.29, 1.82) is 0 Å². The number of aliphatic hydroxyl groups excluding tert-OH is 1.